The average Bonchev–Trinajstić information content (AvgIpc) is 2.68. The number of hydrogen-bond acceptors (Lipinski definition) is 3. The van der Waals surface area contributed by atoms with E-state index < -0.39 is 0 Å². The minimum atomic E-state index is -0.113. The van der Waals surface area contributed by atoms with Crippen LogP contribution in [0, 0.1) is 5.92 Å². The Morgan fingerprint density at radius 2 is 1.69 bits per heavy atom. The summed E-state index contributed by atoms with van der Waals surface area (Å²) in [5, 5.41) is 2.92. The van der Waals surface area contributed by atoms with Crippen LogP contribution in [0.15, 0.2) is 30.3 Å². The molecule has 2 aliphatic rings. The van der Waals surface area contributed by atoms with Gasteiger partial charge in [-0.25, -0.2) is 4.79 Å². The van der Waals surface area contributed by atoms with E-state index in [2.05, 4.69) is 24.1 Å². The molecule has 142 valence electrons. The minimum absolute atomic E-state index is 0.0733. The van der Waals surface area contributed by atoms with Crippen molar-refractivity contribution >= 4 is 17.6 Å². The summed E-state index contributed by atoms with van der Waals surface area (Å²) in [6.45, 7) is 9.09. The van der Waals surface area contributed by atoms with Crippen molar-refractivity contribution in [1.82, 2.24) is 14.7 Å². The zero-order valence-electron chi connectivity index (χ0n) is 15.9. The van der Waals surface area contributed by atoms with E-state index >= 15 is 0 Å². The average molecular weight is 358 g/mol. The van der Waals surface area contributed by atoms with Crippen molar-refractivity contribution in [2.45, 2.75) is 32.7 Å². The van der Waals surface area contributed by atoms with E-state index in [-0.39, 0.29) is 17.9 Å². The molecule has 1 aromatic rings. The lowest BCUT2D eigenvalue weighted by Crippen LogP contribution is -2.54. The van der Waals surface area contributed by atoms with Gasteiger partial charge in [0.2, 0.25) is 5.91 Å². The van der Waals surface area contributed by atoms with Gasteiger partial charge in [0.05, 0.1) is 5.92 Å². The number of carbonyl (C=O) groups is 2. The summed E-state index contributed by atoms with van der Waals surface area (Å²) < 4.78 is 0. The Kier molecular flexibility index (Phi) is 6.14. The van der Waals surface area contributed by atoms with Gasteiger partial charge in [-0.15, -0.1) is 0 Å². The van der Waals surface area contributed by atoms with Crippen molar-refractivity contribution in [3.8, 4) is 0 Å². The molecule has 2 aliphatic heterocycles. The Morgan fingerprint density at radius 3 is 2.35 bits per heavy atom. The van der Waals surface area contributed by atoms with Gasteiger partial charge in [0, 0.05) is 51.0 Å². The van der Waals surface area contributed by atoms with Crippen LogP contribution in [-0.2, 0) is 4.79 Å². The lowest BCUT2D eigenvalue weighted by Gasteiger charge is -2.40. The molecule has 1 atom stereocenters. The number of likely N-dealkylation sites (tertiary alicyclic amines) is 1. The van der Waals surface area contributed by atoms with Gasteiger partial charge in [-0.05, 0) is 38.8 Å². The van der Waals surface area contributed by atoms with Gasteiger partial charge in [-0.1, -0.05) is 18.2 Å². The van der Waals surface area contributed by atoms with Crippen molar-refractivity contribution in [1.29, 1.82) is 0 Å². The van der Waals surface area contributed by atoms with Crippen LogP contribution in [0.3, 0.4) is 0 Å². The van der Waals surface area contributed by atoms with Crippen LogP contribution in [0.25, 0.3) is 0 Å². The summed E-state index contributed by atoms with van der Waals surface area (Å²) in [6.07, 6.45) is 1.75. The van der Waals surface area contributed by atoms with Gasteiger partial charge < -0.3 is 15.1 Å². The molecule has 0 bridgehead atoms. The maximum absolute atomic E-state index is 12.9. The first kappa shape index (κ1) is 18.7. The monoisotopic (exact) mass is 358 g/mol. The molecule has 2 heterocycles. The van der Waals surface area contributed by atoms with Gasteiger partial charge in [0.15, 0.2) is 0 Å². The van der Waals surface area contributed by atoms with Crippen LogP contribution >= 0.6 is 0 Å². The molecule has 1 unspecified atom stereocenters. The summed E-state index contributed by atoms with van der Waals surface area (Å²) in [4.78, 5) is 31.6. The van der Waals surface area contributed by atoms with E-state index in [0.717, 1.165) is 44.7 Å². The van der Waals surface area contributed by atoms with E-state index in [9.17, 15) is 9.59 Å². The molecule has 3 rings (SSSR count). The number of anilines is 1. The lowest BCUT2D eigenvalue weighted by atomic mass is 9.96. The molecule has 0 saturated carbocycles. The molecule has 2 fully saturated rings. The standard InChI is InChI=1S/C20H30N4O2/c1-16(2)22-11-13-23(14-12-22)19(25)17-7-6-10-24(15-17)20(26)21-18-8-4-3-5-9-18/h3-5,8-9,16-17H,6-7,10-15H2,1-2H3,(H,21,26). The third-order valence-electron chi connectivity index (χ3n) is 5.44. The van der Waals surface area contributed by atoms with Crippen molar-refractivity contribution in [2.24, 2.45) is 5.92 Å². The second kappa shape index (κ2) is 8.54. The molecule has 0 aromatic heterocycles. The van der Waals surface area contributed by atoms with E-state index in [1.54, 1.807) is 4.90 Å². The fraction of sp³-hybridized carbons (Fsp3) is 0.600. The third-order valence-corrected chi connectivity index (χ3v) is 5.44. The molecular formula is C20H30N4O2. The Morgan fingerprint density at radius 1 is 1.00 bits per heavy atom. The van der Waals surface area contributed by atoms with E-state index in [0.29, 0.717) is 19.1 Å². The zero-order chi connectivity index (χ0) is 18.5. The predicted octanol–water partition coefficient (Wildman–Crippen LogP) is 2.48. The predicted molar refractivity (Wildman–Crippen MR) is 103 cm³/mol. The van der Waals surface area contributed by atoms with Gasteiger partial charge in [0.1, 0.15) is 0 Å². The molecule has 6 nitrogen and oxygen atoms in total. The van der Waals surface area contributed by atoms with Crippen molar-refractivity contribution in [2.75, 3.05) is 44.6 Å². The number of nitrogens with zero attached hydrogens (tertiary/aromatic N) is 3. The van der Waals surface area contributed by atoms with E-state index in [1.807, 2.05) is 35.2 Å². The summed E-state index contributed by atoms with van der Waals surface area (Å²) >= 11 is 0. The first-order chi connectivity index (χ1) is 12.5. The molecule has 26 heavy (non-hydrogen) atoms. The first-order valence-corrected chi connectivity index (χ1v) is 9.68. The molecule has 0 aliphatic carbocycles. The maximum atomic E-state index is 12.9. The fourth-order valence-electron chi connectivity index (χ4n) is 3.80. The van der Waals surface area contributed by atoms with Crippen LogP contribution in [-0.4, -0.2) is 71.9 Å². The topological polar surface area (TPSA) is 55.9 Å². The number of carbonyl (C=O) groups excluding carboxylic acids is 2. The smallest absolute Gasteiger partial charge is 0.321 e. The van der Waals surface area contributed by atoms with Crippen molar-refractivity contribution in [3.05, 3.63) is 30.3 Å². The number of piperazine rings is 1. The summed E-state index contributed by atoms with van der Waals surface area (Å²) in [5.41, 5.74) is 0.788. The minimum Gasteiger partial charge on any atom is -0.340 e. The van der Waals surface area contributed by atoms with Gasteiger partial charge >= 0.3 is 6.03 Å². The highest BCUT2D eigenvalue weighted by molar-refractivity contribution is 5.90. The highest BCUT2D eigenvalue weighted by Gasteiger charge is 2.32. The van der Waals surface area contributed by atoms with E-state index in [4.69, 9.17) is 0 Å². The summed E-state index contributed by atoms with van der Waals surface area (Å²) in [6, 6.07) is 9.88. The highest BCUT2D eigenvalue weighted by Crippen LogP contribution is 2.21. The molecule has 3 amide bonds. The van der Waals surface area contributed by atoms with Crippen molar-refractivity contribution < 1.29 is 9.59 Å². The van der Waals surface area contributed by atoms with Gasteiger partial charge in [-0.2, -0.15) is 0 Å². The summed E-state index contributed by atoms with van der Waals surface area (Å²) in [5.74, 6) is 0.140. The second-order valence-corrected chi connectivity index (χ2v) is 7.54. The van der Waals surface area contributed by atoms with Crippen LogP contribution in [0.1, 0.15) is 26.7 Å². The number of piperidine rings is 1. The SMILES string of the molecule is CC(C)N1CCN(C(=O)C2CCCN(C(=O)Nc3ccccc3)C2)CC1. The Balaban J connectivity index is 1.53. The van der Waals surface area contributed by atoms with Crippen molar-refractivity contribution in [3.63, 3.8) is 0 Å². The van der Waals surface area contributed by atoms with Crippen LogP contribution < -0.4 is 5.32 Å². The molecule has 1 N–H and O–H groups in total. The highest BCUT2D eigenvalue weighted by atomic mass is 16.2. The number of para-hydroxylation sites is 1. The zero-order valence-corrected chi connectivity index (χ0v) is 15.9. The number of nitrogens with one attached hydrogen (secondary N) is 1. The number of amides is 3. The van der Waals surface area contributed by atoms with E-state index in [1.165, 1.54) is 0 Å². The normalized spacial score (nSPS) is 21.7. The Hall–Kier alpha value is -2.08. The second-order valence-electron chi connectivity index (χ2n) is 7.54. The number of hydrogen-bond donors (Lipinski definition) is 1. The van der Waals surface area contributed by atoms with Crippen LogP contribution in [0.5, 0.6) is 0 Å². The Bertz CT molecular complexity index is 611. The fourth-order valence-corrected chi connectivity index (χ4v) is 3.80. The number of urea groups is 1. The number of rotatable bonds is 3. The van der Waals surface area contributed by atoms with Gasteiger partial charge in [0.25, 0.3) is 0 Å². The largest absolute Gasteiger partial charge is 0.340 e. The first-order valence-electron chi connectivity index (χ1n) is 9.68. The molecule has 2 saturated heterocycles. The maximum Gasteiger partial charge on any atom is 0.321 e. The molecular weight excluding hydrogens is 328 g/mol. The molecule has 6 heteroatoms. The van der Waals surface area contributed by atoms with Gasteiger partial charge in [-0.3, -0.25) is 9.69 Å². The summed E-state index contributed by atoms with van der Waals surface area (Å²) in [7, 11) is 0. The third kappa shape index (κ3) is 4.55. The quantitative estimate of drug-likeness (QED) is 0.903. The molecule has 1 aromatic carbocycles. The molecule has 0 spiro atoms. The van der Waals surface area contributed by atoms with Crippen LogP contribution in [0.2, 0.25) is 0 Å². The Labute approximate surface area is 156 Å². The number of benzene rings is 1. The van der Waals surface area contributed by atoms with Crippen LogP contribution in [0.4, 0.5) is 10.5 Å². The lowest BCUT2D eigenvalue weighted by molar-refractivity contribution is -0.138. The molecule has 0 radical (unpaired) electrons.